The number of hydrogen-bond acceptors (Lipinski definition) is 8. The van der Waals surface area contributed by atoms with Crippen LogP contribution in [0.1, 0.15) is 31.2 Å². The standard InChI is InChI=1S/C25H26ClIN2O6S4/c1-2-17(13-24-28(9-3-11-38(30,31)32)20-15-18(26)5-7-22(20)36-24)14-25-29(10-4-12-39(33,34)35)21-16-19(27)6-8-23(21)37-25/h5-8,13-16H,2-4,9-12H2,1H3,(H-,30,31,32,33,34,35). The Kier molecular flexibility index (Phi) is 10.1. The lowest BCUT2D eigenvalue weighted by Crippen LogP contribution is -2.36. The third kappa shape index (κ3) is 8.41. The van der Waals surface area contributed by atoms with Crippen molar-refractivity contribution in [2.75, 3.05) is 23.0 Å². The van der Waals surface area contributed by atoms with Crippen LogP contribution >= 0.6 is 57.3 Å². The van der Waals surface area contributed by atoms with Gasteiger partial charge in [-0.1, -0.05) is 41.6 Å². The van der Waals surface area contributed by atoms with E-state index in [2.05, 4.69) is 45.4 Å². The Balaban J connectivity index is 1.71. The highest BCUT2D eigenvalue weighted by molar-refractivity contribution is 14.1. The zero-order valence-electron chi connectivity index (χ0n) is 20.8. The second-order valence-corrected chi connectivity index (χ2v) is 15.8. The molecule has 39 heavy (non-hydrogen) atoms. The van der Waals surface area contributed by atoms with E-state index in [-0.39, 0.29) is 18.6 Å². The monoisotopic (exact) mass is 740 g/mol. The van der Waals surface area contributed by atoms with Crippen LogP contribution in [0.15, 0.2) is 58.0 Å². The molecular formula is C25H26ClIN2O6S4. The maximum Gasteiger partial charge on any atom is 0.265 e. The van der Waals surface area contributed by atoms with Crippen LogP contribution in [0.3, 0.4) is 0 Å². The number of aryl methyl sites for hydroxylation is 1. The fraction of sp³-hybridized carbons (Fsp3) is 0.320. The van der Waals surface area contributed by atoms with Gasteiger partial charge < -0.3 is 9.45 Å². The van der Waals surface area contributed by atoms with E-state index in [1.54, 1.807) is 29.2 Å². The van der Waals surface area contributed by atoms with Crippen molar-refractivity contribution in [2.45, 2.75) is 37.6 Å². The van der Waals surface area contributed by atoms with Crippen LogP contribution < -0.4 is 9.47 Å². The van der Waals surface area contributed by atoms with Gasteiger partial charge in [0.25, 0.3) is 15.1 Å². The van der Waals surface area contributed by atoms with Crippen LogP contribution in [0.5, 0.6) is 0 Å². The molecule has 0 unspecified atom stereocenters. The van der Waals surface area contributed by atoms with Gasteiger partial charge >= 0.3 is 0 Å². The van der Waals surface area contributed by atoms with Crippen molar-refractivity contribution in [1.29, 1.82) is 0 Å². The van der Waals surface area contributed by atoms with E-state index in [0.717, 1.165) is 40.0 Å². The van der Waals surface area contributed by atoms with Gasteiger partial charge in [-0.15, -0.1) is 0 Å². The van der Waals surface area contributed by atoms with Crippen molar-refractivity contribution in [3.8, 4) is 0 Å². The number of hydrogen-bond donors (Lipinski definition) is 1. The molecule has 0 saturated carbocycles. The SMILES string of the molecule is CCC(/C=C1\Sc2ccc(Cl)cc2N1CCCS(=O)(=O)[O-])=C\c1sc2ccc(I)cc2[n+]1CCCS(=O)(=O)O. The zero-order valence-corrected chi connectivity index (χ0v) is 27.0. The average molecular weight is 741 g/mol. The number of aromatic nitrogens is 1. The Morgan fingerprint density at radius 2 is 1.92 bits per heavy atom. The number of thiazole rings is 1. The third-order valence-electron chi connectivity index (χ3n) is 5.97. The van der Waals surface area contributed by atoms with E-state index in [0.29, 0.717) is 24.5 Å². The van der Waals surface area contributed by atoms with Crippen LogP contribution in [0.25, 0.3) is 16.3 Å². The average Bonchev–Trinajstić information content (AvgIpc) is 3.34. The first-order valence-electron chi connectivity index (χ1n) is 12.0. The molecule has 8 nitrogen and oxygen atoms in total. The van der Waals surface area contributed by atoms with Gasteiger partial charge in [0.05, 0.1) is 26.6 Å². The van der Waals surface area contributed by atoms with E-state index in [1.165, 1.54) is 0 Å². The van der Waals surface area contributed by atoms with E-state index >= 15 is 0 Å². The van der Waals surface area contributed by atoms with Crippen LogP contribution in [-0.4, -0.2) is 44.0 Å². The van der Waals surface area contributed by atoms with Gasteiger partial charge in [-0.25, -0.2) is 8.42 Å². The smallest absolute Gasteiger partial charge is 0.265 e. The largest absolute Gasteiger partial charge is 0.748 e. The minimum absolute atomic E-state index is 0.184. The number of allylic oxidation sites excluding steroid dienone is 2. The van der Waals surface area contributed by atoms with Crippen molar-refractivity contribution in [3.05, 3.63) is 66.7 Å². The summed E-state index contributed by atoms with van der Waals surface area (Å²) in [5.41, 5.74) is 2.88. The van der Waals surface area contributed by atoms with Crippen LogP contribution in [0, 0.1) is 3.57 Å². The number of halogens is 2. The molecule has 0 saturated heterocycles. The number of rotatable bonds is 11. The fourth-order valence-electron chi connectivity index (χ4n) is 4.19. The minimum atomic E-state index is -4.32. The third-order valence-corrected chi connectivity index (χ3v) is 10.7. The Morgan fingerprint density at radius 3 is 2.62 bits per heavy atom. The van der Waals surface area contributed by atoms with Gasteiger partial charge in [-0.2, -0.15) is 13.0 Å². The van der Waals surface area contributed by atoms with Crippen LogP contribution in [-0.2, 0) is 26.8 Å². The second-order valence-electron chi connectivity index (χ2n) is 8.88. The first-order valence-corrected chi connectivity index (χ1v) is 18.3. The molecule has 1 N–H and O–H groups in total. The topological polar surface area (TPSA) is 119 Å². The summed E-state index contributed by atoms with van der Waals surface area (Å²) in [4.78, 5) is 2.98. The van der Waals surface area contributed by atoms with Crippen molar-refractivity contribution < 1.29 is 30.5 Å². The summed E-state index contributed by atoms with van der Waals surface area (Å²) in [5.74, 6) is -0.765. The van der Waals surface area contributed by atoms with Crippen LogP contribution in [0.4, 0.5) is 5.69 Å². The van der Waals surface area contributed by atoms with Gasteiger partial charge in [-0.05, 0) is 77.4 Å². The summed E-state index contributed by atoms with van der Waals surface area (Å²) in [6.45, 7) is 2.81. The van der Waals surface area contributed by atoms with Crippen molar-refractivity contribution >= 4 is 99.5 Å². The summed E-state index contributed by atoms with van der Waals surface area (Å²) in [6.07, 6.45) is 5.30. The lowest BCUT2D eigenvalue weighted by Gasteiger charge is -2.21. The lowest BCUT2D eigenvalue weighted by molar-refractivity contribution is -0.668. The fourth-order valence-corrected chi connectivity index (χ4v) is 8.10. The summed E-state index contributed by atoms with van der Waals surface area (Å²) in [7, 11) is -8.38. The summed E-state index contributed by atoms with van der Waals surface area (Å²) >= 11 is 11.7. The molecule has 1 aliphatic rings. The first-order chi connectivity index (χ1) is 18.3. The van der Waals surface area contributed by atoms with E-state index < -0.39 is 26.0 Å². The zero-order chi connectivity index (χ0) is 28.4. The number of thioether (sulfide) groups is 1. The quantitative estimate of drug-likeness (QED) is 0.147. The van der Waals surface area contributed by atoms with Gasteiger partial charge in [0, 0.05) is 44.3 Å². The van der Waals surface area contributed by atoms with E-state index in [1.807, 2.05) is 36.1 Å². The molecule has 2 heterocycles. The Hall–Kier alpha value is -1.20. The molecular weight excluding hydrogens is 715 g/mol. The molecule has 2 aromatic carbocycles. The molecule has 0 bridgehead atoms. The molecule has 1 aromatic heterocycles. The summed E-state index contributed by atoms with van der Waals surface area (Å²) < 4.78 is 69.6. The van der Waals surface area contributed by atoms with E-state index in [9.17, 15) is 25.9 Å². The number of nitrogens with zero attached hydrogens (tertiary/aromatic N) is 2. The van der Waals surface area contributed by atoms with Crippen molar-refractivity contribution in [3.63, 3.8) is 0 Å². The van der Waals surface area contributed by atoms with Gasteiger partial charge in [0.15, 0.2) is 6.54 Å². The molecule has 0 amide bonds. The highest BCUT2D eigenvalue weighted by Gasteiger charge is 2.26. The number of benzene rings is 2. The van der Waals surface area contributed by atoms with Gasteiger partial charge in [0.1, 0.15) is 4.70 Å². The number of fused-ring (bicyclic) bond motifs is 2. The van der Waals surface area contributed by atoms with Crippen molar-refractivity contribution in [2.24, 2.45) is 0 Å². The molecule has 14 heteroatoms. The Morgan fingerprint density at radius 1 is 1.15 bits per heavy atom. The minimum Gasteiger partial charge on any atom is -0.748 e. The molecule has 0 fully saturated rings. The predicted molar refractivity (Wildman–Crippen MR) is 166 cm³/mol. The lowest BCUT2D eigenvalue weighted by atomic mass is 10.2. The number of anilines is 1. The molecule has 210 valence electrons. The molecule has 0 aliphatic carbocycles. The summed E-state index contributed by atoms with van der Waals surface area (Å²) in [6, 6.07) is 11.7. The molecule has 3 aromatic rings. The first kappa shape index (κ1) is 30.8. The molecule has 1 aliphatic heterocycles. The molecule has 0 spiro atoms. The van der Waals surface area contributed by atoms with Crippen molar-refractivity contribution in [1.82, 2.24) is 0 Å². The highest BCUT2D eigenvalue weighted by atomic mass is 127. The van der Waals surface area contributed by atoms with E-state index in [4.69, 9.17) is 11.6 Å². The maximum absolute atomic E-state index is 11.3. The molecule has 0 radical (unpaired) electrons. The second kappa shape index (κ2) is 12.8. The van der Waals surface area contributed by atoms with Gasteiger partial charge in [-0.3, -0.25) is 4.55 Å². The Bertz CT molecular complexity index is 1670. The normalized spacial score (nSPS) is 15.5. The molecule has 4 rings (SSSR count). The van der Waals surface area contributed by atoms with Gasteiger partial charge in [0.2, 0.25) is 5.52 Å². The maximum atomic E-state index is 11.3. The predicted octanol–water partition coefficient (Wildman–Crippen LogP) is 5.91. The highest BCUT2D eigenvalue weighted by Crippen LogP contribution is 2.47. The summed E-state index contributed by atoms with van der Waals surface area (Å²) in [5, 5.41) is 2.41. The Labute approximate surface area is 255 Å². The van der Waals surface area contributed by atoms with Crippen LogP contribution in [0.2, 0.25) is 5.02 Å². The molecule has 0 atom stereocenters.